The summed E-state index contributed by atoms with van der Waals surface area (Å²) in [6, 6.07) is 1.83. The van der Waals surface area contributed by atoms with E-state index in [9.17, 15) is 9.00 Å². The third kappa shape index (κ3) is 3.29. The predicted molar refractivity (Wildman–Crippen MR) is 80.1 cm³/mol. The first-order valence-corrected chi connectivity index (χ1v) is 8.33. The van der Waals surface area contributed by atoms with E-state index in [-0.39, 0.29) is 10.7 Å². The molecule has 0 saturated carbocycles. The summed E-state index contributed by atoms with van der Waals surface area (Å²) in [7, 11) is -0.869. The minimum absolute atomic E-state index is 0.0685. The second-order valence-corrected chi connectivity index (χ2v) is 8.62. The van der Waals surface area contributed by atoms with Crippen molar-refractivity contribution in [3.05, 3.63) is 17.5 Å². The zero-order valence-electron chi connectivity index (χ0n) is 12.6. The molecule has 0 spiro atoms. The standard InChI is InChI=1S/C14H23N3O2S/c1-10(2)7-11-8-12(16-15-11)13(18)17-5-6-20(19)14(3,4)9-17/h8,10H,5-7,9H2,1-4H3,(H,15,16)/t20-/m0/s1. The minimum atomic E-state index is -0.869. The number of aromatic amines is 1. The molecule has 1 saturated heterocycles. The fourth-order valence-electron chi connectivity index (χ4n) is 2.43. The molecule has 0 bridgehead atoms. The fourth-order valence-corrected chi connectivity index (χ4v) is 3.67. The molecule has 0 unspecified atom stereocenters. The Morgan fingerprint density at radius 3 is 2.85 bits per heavy atom. The summed E-state index contributed by atoms with van der Waals surface area (Å²) in [5, 5.41) is 7.05. The van der Waals surface area contributed by atoms with Crippen LogP contribution in [0.5, 0.6) is 0 Å². The van der Waals surface area contributed by atoms with Crippen molar-refractivity contribution in [2.45, 2.75) is 38.9 Å². The van der Waals surface area contributed by atoms with E-state index >= 15 is 0 Å². The van der Waals surface area contributed by atoms with Gasteiger partial charge in [-0.15, -0.1) is 0 Å². The van der Waals surface area contributed by atoms with Gasteiger partial charge < -0.3 is 4.90 Å². The molecule has 1 aromatic heterocycles. The molecule has 0 aromatic carbocycles. The van der Waals surface area contributed by atoms with Crippen LogP contribution in [0.4, 0.5) is 0 Å². The second-order valence-electron chi connectivity index (χ2n) is 6.41. The molecule has 112 valence electrons. The number of amides is 1. The van der Waals surface area contributed by atoms with Crippen LogP contribution in [0, 0.1) is 5.92 Å². The Hall–Kier alpha value is -1.17. The van der Waals surface area contributed by atoms with E-state index in [2.05, 4.69) is 24.0 Å². The highest BCUT2D eigenvalue weighted by atomic mass is 32.2. The summed E-state index contributed by atoms with van der Waals surface area (Å²) in [5.41, 5.74) is 1.45. The molecule has 20 heavy (non-hydrogen) atoms. The molecular formula is C14H23N3O2S. The Morgan fingerprint density at radius 2 is 2.25 bits per heavy atom. The molecule has 0 aliphatic carbocycles. The maximum Gasteiger partial charge on any atom is 0.274 e. The van der Waals surface area contributed by atoms with Gasteiger partial charge in [0.25, 0.3) is 5.91 Å². The van der Waals surface area contributed by atoms with Gasteiger partial charge in [-0.2, -0.15) is 5.10 Å². The van der Waals surface area contributed by atoms with Crippen LogP contribution in [-0.4, -0.2) is 48.8 Å². The average Bonchev–Trinajstić information content (AvgIpc) is 2.79. The fraction of sp³-hybridized carbons (Fsp3) is 0.714. The zero-order chi connectivity index (χ0) is 14.9. The number of carbonyl (C=O) groups excluding carboxylic acids is 1. The summed E-state index contributed by atoms with van der Waals surface area (Å²) >= 11 is 0. The first kappa shape index (κ1) is 15.2. The Bertz CT molecular complexity index is 522. The number of nitrogens with one attached hydrogen (secondary N) is 1. The monoisotopic (exact) mass is 297 g/mol. The van der Waals surface area contributed by atoms with Crippen molar-refractivity contribution in [2.24, 2.45) is 5.92 Å². The molecule has 6 heteroatoms. The SMILES string of the molecule is CC(C)Cc1cc(C(=O)N2CC[S@](=O)C(C)(C)C2)n[nH]1. The molecule has 1 aromatic rings. The number of H-pyrrole nitrogens is 1. The van der Waals surface area contributed by atoms with Crippen LogP contribution < -0.4 is 0 Å². The highest BCUT2D eigenvalue weighted by molar-refractivity contribution is 7.86. The van der Waals surface area contributed by atoms with E-state index in [0.29, 0.717) is 30.5 Å². The predicted octanol–water partition coefficient (Wildman–Crippen LogP) is 1.59. The van der Waals surface area contributed by atoms with Gasteiger partial charge in [0, 0.05) is 35.3 Å². The van der Waals surface area contributed by atoms with Crippen LogP contribution in [0.2, 0.25) is 0 Å². The molecule has 1 aliphatic rings. The van der Waals surface area contributed by atoms with Gasteiger partial charge in [-0.3, -0.25) is 14.1 Å². The van der Waals surface area contributed by atoms with Crippen LogP contribution in [0.3, 0.4) is 0 Å². The molecule has 5 nitrogen and oxygen atoms in total. The van der Waals surface area contributed by atoms with E-state index in [0.717, 1.165) is 12.1 Å². The summed E-state index contributed by atoms with van der Waals surface area (Å²) in [6.45, 7) is 9.20. The van der Waals surface area contributed by atoms with Gasteiger partial charge in [-0.25, -0.2) is 0 Å². The molecule has 1 fully saturated rings. The minimum Gasteiger partial charge on any atom is -0.335 e. The largest absolute Gasteiger partial charge is 0.335 e. The van der Waals surface area contributed by atoms with E-state index in [4.69, 9.17) is 0 Å². The van der Waals surface area contributed by atoms with Crippen molar-refractivity contribution in [1.29, 1.82) is 0 Å². The van der Waals surface area contributed by atoms with Crippen molar-refractivity contribution in [1.82, 2.24) is 15.1 Å². The number of hydrogen-bond acceptors (Lipinski definition) is 3. The highest BCUT2D eigenvalue weighted by Crippen LogP contribution is 2.21. The number of aromatic nitrogens is 2. The lowest BCUT2D eigenvalue weighted by Crippen LogP contribution is -2.52. The van der Waals surface area contributed by atoms with E-state index in [1.165, 1.54) is 0 Å². The summed E-state index contributed by atoms with van der Waals surface area (Å²) in [5.74, 6) is 0.998. The summed E-state index contributed by atoms with van der Waals surface area (Å²) < 4.78 is 11.6. The second kappa shape index (κ2) is 5.68. The molecule has 1 atom stereocenters. The van der Waals surface area contributed by atoms with Gasteiger partial charge in [0.1, 0.15) is 5.69 Å². The quantitative estimate of drug-likeness (QED) is 0.921. The van der Waals surface area contributed by atoms with Gasteiger partial charge in [0.05, 0.1) is 4.75 Å². The van der Waals surface area contributed by atoms with Gasteiger partial charge in [0.2, 0.25) is 0 Å². The summed E-state index contributed by atoms with van der Waals surface area (Å²) in [6.07, 6.45) is 0.885. The molecule has 1 aliphatic heterocycles. The van der Waals surface area contributed by atoms with Gasteiger partial charge in [0.15, 0.2) is 0 Å². The van der Waals surface area contributed by atoms with Crippen molar-refractivity contribution in [3.63, 3.8) is 0 Å². The van der Waals surface area contributed by atoms with Gasteiger partial charge in [-0.1, -0.05) is 13.8 Å². The molecule has 0 radical (unpaired) electrons. The van der Waals surface area contributed by atoms with Gasteiger partial charge >= 0.3 is 0 Å². The normalized spacial score (nSPS) is 22.2. The molecular weight excluding hydrogens is 274 g/mol. The number of rotatable bonds is 3. The lowest BCUT2D eigenvalue weighted by molar-refractivity contribution is 0.0740. The van der Waals surface area contributed by atoms with Crippen LogP contribution in [0.15, 0.2) is 6.07 Å². The van der Waals surface area contributed by atoms with Crippen LogP contribution in [-0.2, 0) is 17.2 Å². The smallest absolute Gasteiger partial charge is 0.274 e. The first-order chi connectivity index (χ1) is 9.29. The highest BCUT2D eigenvalue weighted by Gasteiger charge is 2.36. The molecule has 2 rings (SSSR count). The zero-order valence-corrected chi connectivity index (χ0v) is 13.4. The van der Waals surface area contributed by atoms with Gasteiger partial charge in [-0.05, 0) is 32.3 Å². The maximum atomic E-state index is 12.4. The number of hydrogen-bond donors (Lipinski definition) is 1. The third-order valence-corrected chi connectivity index (χ3v) is 5.42. The molecule has 1 amide bonds. The Morgan fingerprint density at radius 1 is 1.55 bits per heavy atom. The molecule has 2 heterocycles. The van der Waals surface area contributed by atoms with Crippen LogP contribution >= 0.6 is 0 Å². The van der Waals surface area contributed by atoms with Crippen molar-refractivity contribution < 1.29 is 9.00 Å². The summed E-state index contributed by atoms with van der Waals surface area (Å²) in [4.78, 5) is 14.2. The Balaban J connectivity index is 2.08. The lowest BCUT2D eigenvalue weighted by atomic mass is 10.1. The van der Waals surface area contributed by atoms with E-state index in [1.807, 2.05) is 19.9 Å². The molecule has 1 N–H and O–H groups in total. The lowest BCUT2D eigenvalue weighted by Gasteiger charge is -2.36. The number of carbonyl (C=O) groups is 1. The Labute approximate surface area is 122 Å². The average molecular weight is 297 g/mol. The number of nitrogens with zero attached hydrogens (tertiary/aromatic N) is 2. The van der Waals surface area contributed by atoms with Crippen molar-refractivity contribution in [2.75, 3.05) is 18.8 Å². The van der Waals surface area contributed by atoms with E-state index < -0.39 is 10.8 Å². The van der Waals surface area contributed by atoms with Crippen LogP contribution in [0.1, 0.15) is 43.9 Å². The third-order valence-electron chi connectivity index (χ3n) is 3.50. The maximum absolute atomic E-state index is 12.4. The van der Waals surface area contributed by atoms with Crippen LogP contribution in [0.25, 0.3) is 0 Å². The van der Waals surface area contributed by atoms with E-state index in [1.54, 1.807) is 4.90 Å². The van der Waals surface area contributed by atoms with Crippen molar-refractivity contribution >= 4 is 16.7 Å². The Kier molecular flexibility index (Phi) is 4.32. The first-order valence-electron chi connectivity index (χ1n) is 7.01. The topological polar surface area (TPSA) is 66.1 Å². The van der Waals surface area contributed by atoms with Crippen molar-refractivity contribution in [3.8, 4) is 0 Å².